The second-order valence-corrected chi connectivity index (χ2v) is 9.04. The molecule has 0 aliphatic heterocycles. The van der Waals surface area contributed by atoms with Crippen LogP contribution in [0.1, 0.15) is 13.8 Å². The molecule has 1 aromatic rings. The van der Waals surface area contributed by atoms with E-state index in [1.165, 1.54) is 18.2 Å². The molecule has 1 aliphatic carbocycles. The maximum absolute atomic E-state index is 12.1. The van der Waals surface area contributed by atoms with E-state index in [0.717, 1.165) is 0 Å². The Morgan fingerprint density at radius 2 is 1.86 bits per heavy atom. The number of alkyl halides is 2. The van der Waals surface area contributed by atoms with Gasteiger partial charge in [-0.05, 0) is 37.6 Å². The van der Waals surface area contributed by atoms with E-state index in [1.807, 2.05) is 0 Å². The van der Waals surface area contributed by atoms with Crippen LogP contribution in [0.3, 0.4) is 0 Å². The van der Waals surface area contributed by atoms with Gasteiger partial charge < -0.3 is 0 Å². The summed E-state index contributed by atoms with van der Waals surface area (Å²) in [5.41, 5.74) is 0.886. The topological polar surface area (TPSA) is 72.8 Å². The molecule has 22 heavy (non-hydrogen) atoms. The third kappa shape index (κ3) is 3.33. The molecule has 8 heteroatoms. The van der Waals surface area contributed by atoms with E-state index in [-0.39, 0.29) is 10.7 Å². The Kier molecular flexibility index (Phi) is 4.93. The van der Waals surface area contributed by atoms with E-state index in [4.69, 9.17) is 4.28 Å². The van der Waals surface area contributed by atoms with Crippen LogP contribution in [0.15, 0.2) is 52.0 Å². The quantitative estimate of drug-likeness (QED) is 0.523. The molecule has 0 heterocycles. The minimum absolute atomic E-state index is 0.0135. The molecule has 0 amide bonds. The highest BCUT2D eigenvalue weighted by atomic mass is 79.9. The summed E-state index contributed by atoms with van der Waals surface area (Å²) < 4.78 is 28.1. The number of oxime groups is 1. The standard InChI is InChI=1S/C14H13Br2NO4S/c1-9-8-11(18)12(15)14(2,16)13(9)17-21-22(19,20)10-6-4-3-5-7-10/h3-8,12H,1-2H3/b17-13+. The fourth-order valence-electron chi connectivity index (χ4n) is 2.01. The number of rotatable bonds is 3. The van der Waals surface area contributed by atoms with Crippen molar-refractivity contribution < 1.29 is 17.5 Å². The van der Waals surface area contributed by atoms with E-state index in [1.54, 1.807) is 32.0 Å². The molecule has 0 bridgehead atoms. The summed E-state index contributed by atoms with van der Waals surface area (Å²) in [6.07, 6.45) is 1.40. The van der Waals surface area contributed by atoms with Crippen molar-refractivity contribution in [2.45, 2.75) is 27.9 Å². The van der Waals surface area contributed by atoms with Crippen LogP contribution < -0.4 is 0 Å². The summed E-state index contributed by atoms with van der Waals surface area (Å²) in [6, 6.07) is 7.73. The zero-order valence-electron chi connectivity index (χ0n) is 11.8. The number of nitrogens with zero attached hydrogens (tertiary/aromatic N) is 1. The first kappa shape index (κ1) is 17.4. The van der Waals surface area contributed by atoms with E-state index in [0.29, 0.717) is 11.3 Å². The normalized spacial score (nSPS) is 27.6. The Morgan fingerprint density at radius 1 is 1.27 bits per heavy atom. The lowest BCUT2D eigenvalue weighted by Crippen LogP contribution is -2.46. The lowest BCUT2D eigenvalue weighted by atomic mass is 9.88. The lowest BCUT2D eigenvalue weighted by molar-refractivity contribution is -0.114. The van der Waals surface area contributed by atoms with Crippen LogP contribution in [0.4, 0.5) is 0 Å². The van der Waals surface area contributed by atoms with Crippen LogP contribution in [-0.2, 0) is 19.2 Å². The van der Waals surface area contributed by atoms with Gasteiger partial charge in [-0.1, -0.05) is 55.2 Å². The number of carbonyl (C=O) groups excluding carboxylic acids is 1. The molecular weight excluding hydrogens is 438 g/mol. The van der Waals surface area contributed by atoms with Gasteiger partial charge in [0, 0.05) is 0 Å². The van der Waals surface area contributed by atoms with Crippen molar-refractivity contribution in [2.75, 3.05) is 0 Å². The Morgan fingerprint density at radius 3 is 2.45 bits per heavy atom. The smallest absolute Gasteiger partial charge is 0.294 e. The average molecular weight is 451 g/mol. The monoisotopic (exact) mass is 449 g/mol. The minimum atomic E-state index is -4.00. The van der Waals surface area contributed by atoms with Crippen LogP contribution in [-0.4, -0.2) is 29.1 Å². The van der Waals surface area contributed by atoms with Crippen LogP contribution in [0.25, 0.3) is 0 Å². The van der Waals surface area contributed by atoms with Crippen molar-refractivity contribution in [3.05, 3.63) is 42.0 Å². The van der Waals surface area contributed by atoms with E-state index in [2.05, 4.69) is 37.0 Å². The van der Waals surface area contributed by atoms with Gasteiger partial charge in [-0.15, -0.1) is 0 Å². The number of benzene rings is 1. The number of hydrogen-bond donors (Lipinski definition) is 0. The fourth-order valence-corrected chi connectivity index (χ4v) is 3.71. The van der Waals surface area contributed by atoms with Crippen LogP contribution in [0.2, 0.25) is 0 Å². The van der Waals surface area contributed by atoms with Crippen molar-refractivity contribution in [3.8, 4) is 0 Å². The number of ketones is 1. The highest BCUT2D eigenvalue weighted by Crippen LogP contribution is 2.36. The molecule has 0 N–H and O–H groups in total. The minimum Gasteiger partial charge on any atom is -0.294 e. The molecule has 2 atom stereocenters. The lowest BCUT2D eigenvalue weighted by Gasteiger charge is -2.31. The summed E-state index contributed by atoms with van der Waals surface area (Å²) >= 11 is 6.70. The third-order valence-corrected chi connectivity index (χ3v) is 7.11. The number of carbonyl (C=O) groups is 1. The van der Waals surface area contributed by atoms with E-state index < -0.39 is 19.3 Å². The first-order valence-electron chi connectivity index (χ1n) is 6.29. The maximum atomic E-state index is 12.1. The fraction of sp³-hybridized carbons (Fsp3) is 0.286. The van der Waals surface area contributed by atoms with Gasteiger partial charge in [-0.2, -0.15) is 8.42 Å². The third-order valence-electron chi connectivity index (χ3n) is 3.18. The van der Waals surface area contributed by atoms with Gasteiger partial charge in [0.25, 0.3) is 0 Å². The summed E-state index contributed by atoms with van der Waals surface area (Å²) in [4.78, 5) is 11.3. The molecule has 2 rings (SSSR count). The van der Waals surface area contributed by atoms with Crippen LogP contribution in [0.5, 0.6) is 0 Å². The van der Waals surface area contributed by atoms with Gasteiger partial charge in [0.05, 0.1) is 9.15 Å². The highest BCUT2D eigenvalue weighted by Gasteiger charge is 2.43. The van der Waals surface area contributed by atoms with Crippen molar-refractivity contribution in [1.29, 1.82) is 0 Å². The second kappa shape index (κ2) is 6.25. The van der Waals surface area contributed by atoms with Gasteiger partial charge in [0.15, 0.2) is 5.78 Å². The van der Waals surface area contributed by atoms with Crippen molar-refractivity contribution in [3.63, 3.8) is 0 Å². The molecule has 0 spiro atoms. The van der Waals surface area contributed by atoms with Gasteiger partial charge in [0.1, 0.15) is 10.6 Å². The Balaban J connectivity index is 2.37. The Bertz CT molecular complexity index is 754. The van der Waals surface area contributed by atoms with Crippen molar-refractivity contribution in [1.82, 2.24) is 0 Å². The predicted molar refractivity (Wildman–Crippen MR) is 91.0 cm³/mol. The zero-order valence-corrected chi connectivity index (χ0v) is 15.8. The molecule has 5 nitrogen and oxygen atoms in total. The highest BCUT2D eigenvalue weighted by molar-refractivity contribution is 9.13. The summed E-state index contributed by atoms with van der Waals surface area (Å²) in [7, 11) is -4.00. The molecule has 0 saturated carbocycles. The van der Waals surface area contributed by atoms with Gasteiger partial charge >= 0.3 is 10.1 Å². The first-order chi connectivity index (χ1) is 10.2. The molecule has 0 saturated heterocycles. The van der Waals surface area contributed by atoms with E-state index in [9.17, 15) is 13.2 Å². The summed E-state index contributed by atoms with van der Waals surface area (Å²) in [5.74, 6) is -0.123. The molecule has 0 fully saturated rings. The number of hydrogen-bond acceptors (Lipinski definition) is 5. The molecular formula is C14H13Br2NO4S. The molecule has 0 radical (unpaired) electrons. The average Bonchev–Trinajstić information content (AvgIpc) is 2.45. The molecule has 0 aromatic heterocycles. The zero-order chi connectivity index (χ0) is 16.5. The first-order valence-corrected chi connectivity index (χ1v) is 9.40. The van der Waals surface area contributed by atoms with Crippen LogP contribution in [0, 0.1) is 0 Å². The molecule has 1 aromatic carbocycles. The maximum Gasteiger partial charge on any atom is 0.358 e. The van der Waals surface area contributed by atoms with Crippen LogP contribution >= 0.6 is 31.9 Å². The van der Waals surface area contributed by atoms with Crippen molar-refractivity contribution >= 4 is 53.5 Å². The number of allylic oxidation sites excluding steroid dienone is 2. The van der Waals surface area contributed by atoms with Gasteiger partial charge in [-0.3, -0.25) is 9.08 Å². The van der Waals surface area contributed by atoms with E-state index >= 15 is 0 Å². The second-order valence-electron chi connectivity index (χ2n) is 4.95. The predicted octanol–water partition coefficient (Wildman–Crippen LogP) is 3.19. The molecule has 118 valence electrons. The van der Waals surface area contributed by atoms with Gasteiger partial charge in [-0.25, -0.2) is 0 Å². The van der Waals surface area contributed by atoms with Gasteiger partial charge in [0.2, 0.25) is 0 Å². The van der Waals surface area contributed by atoms with Crippen molar-refractivity contribution in [2.24, 2.45) is 5.16 Å². The largest absolute Gasteiger partial charge is 0.358 e. The SMILES string of the molecule is CC1=CC(=O)C(Br)C(C)(Br)/C1=N/OS(=O)(=O)c1ccccc1. The number of halogens is 2. The molecule has 2 unspecified atom stereocenters. The summed E-state index contributed by atoms with van der Waals surface area (Å²) in [5, 5.41) is 3.78. The molecule has 1 aliphatic rings. The Hall–Kier alpha value is -0.990. The Labute approximate surface area is 145 Å². The summed E-state index contributed by atoms with van der Waals surface area (Å²) in [6.45, 7) is 3.39.